The smallest absolute Gasteiger partial charge is 0.248 e. The number of amides is 2. The quantitative estimate of drug-likeness (QED) is 0.438. The van der Waals surface area contributed by atoms with Crippen LogP contribution in [-0.2, 0) is 4.79 Å². The first kappa shape index (κ1) is 20.3. The molecule has 144 valence electrons. The van der Waals surface area contributed by atoms with Crippen LogP contribution in [0.1, 0.15) is 17.3 Å². The van der Waals surface area contributed by atoms with Gasteiger partial charge in [-0.3, -0.25) is 9.59 Å². The molecule has 0 aliphatic rings. The van der Waals surface area contributed by atoms with Crippen LogP contribution in [0.2, 0.25) is 0 Å². The summed E-state index contributed by atoms with van der Waals surface area (Å²) in [6.07, 6.45) is 0. The van der Waals surface area contributed by atoms with Gasteiger partial charge in [-0.2, -0.15) is 0 Å². The van der Waals surface area contributed by atoms with Gasteiger partial charge in [-0.25, -0.2) is 0 Å². The molecule has 0 fully saturated rings. The van der Waals surface area contributed by atoms with Crippen molar-refractivity contribution in [3.63, 3.8) is 0 Å². The molecule has 2 aromatic carbocycles. The molecule has 1 atom stereocenters. The van der Waals surface area contributed by atoms with Gasteiger partial charge in [0.15, 0.2) is 4.34 Å². The Bertz CT molecular complexity index is 994. The van der Waals surface area contributed by atoms with Crippen LogP contribution in [0.5, 0.6) is 0 Å². The van der Waals surface area contributed by atoms with Crippen molar-refractivity contribution in [3.05, 3.63) is 58.6 Å². The van der Waals surface area contributed by atoms with Gasteiger partial charge in [0.2, 0.25) is 16.9 Å². The molecule has 7 nitrogen and oxygen atoms in total. The van der Waals surface area contributed by atoms with E-state index in [-0.39, 0.29) is 11.2 Å². The highest BCUT2D eigenvalue weighted by Gasteiger charge is 2.17. The van der Waals surface area contributed by atoms with Crippen LogP contribution in [0.15, 0.2) is 57.3 Å². The van der Waals surface area contributed by atoms with Gasteiger partial charge in [0, 0.05) is 21.4 Å². The first-order valence-corrected chi connectivity index (χ1v) is 10.6. The summed E-state index contributed by atoms with van der Waals surface area (Å²) in [5.74, 6) is -0.682. The predicted molar refractivity (Wildman–Crippen MR) is 116 cm³/mol. The molecule has 28 heavy (non-hydrogen) atoms. The van der Waals surface area contributed by atoms with E-state index in [1.807, 2.05) is 24.3 Å². The number of carbonyl (C=O) groups is 2. The SMILES string of the molecule is CC(Sc1nnc(Nc2cccc(Br)c2)s1)C(=O)Nc1ccc(C(N)=O)cc1. The monoisotopic (exact) mass is 477 g/mol. The third-order valence-electron chi connectivity index (χ3n) is 3.57. The molecule has 0 bridgehead atoms. The minimum absolute atomic E-state index is 0.173. The lowest BCUT2D eigenvalue weighted by Gasteiger charge is -2.10. The molecule has 4 N–H and O–H groups in total. The van der Waals surface area contributed by atoms with Crippen molar-refractivity contribution in [1.29, 1.82) is 0 Å². The zero-order chi connectivity index (χ0) is 20.1. The second-order valence-corrected chi connectivity index (χ2v) is 9.18. The molecule has 1 unspecified atom stereocenters. The molecule has 3 rings (SSSR count). The summed E-state index contributed by atoms with van der Waals surface area (Å²) in [6, 6.07) is 14.1. The number of primary amides is 1. The number of thioether (sulfide) groups is 1. The Morgan fingerprint density at radius 2 is 1.89 bits per heavy atom. The van der Waals surface area contributed by atoms with Crippen molar-refractivity contribution < 1.29 is 9.59 Å². The van der Waals surface area contributed by atoms with E-state index in [4.69, 9.17) is 5.73 Å². The van der Waals surface area contributed by atoms with E-state index in [9.17, 15) is 9.59 Å². The minimum atomic E-state index is -0.509. The summed E-state index contributed by atoms with van der Waals surface area (Å²) in [5.41, 5.74) is 7.09. The number of nitrogens with zero attached hydrogens (tertiary/aromatic N) is 2. The highest BCUT2D eigenvalue weighted by Crippen LogP contribution is 2.31. The molecule has 0 radical (unpaired) electrons. The lowest BCUT2D eigenvalue weighted by Crippen LogP contribution is -2.22. The molecule has 10 heteroatoms. The van der Waals surface area contributed by atoms with Crippen LogP contribution in [0.25, 0.3) is 0 Å². The summed E-state index contributed by atoms with van der Waals surface area (Å²) < 4.78 is 1.65. The average molecular weight is 478 g/mol. The fourth-order valence-corrected chi connectivity index (χ4v) is 4.48. The molecule has 3 aromatic rings. The molecule has 0 aliphatic heterocycles. The highest BCUT2D eigenvalue weighted by molar-refractivity contribution is 9.10. The third kappa shape index (κ3) is 5.54. The molecule has 1 aromatic heterocycles. The Kier molecular flexibility index (Phi) is 6.65. The molecule has 2 amide bonds. The Labute approximate surface area is 178 Å². The van der Waals surface area contributed by atoms with E-state index < -0.39 is 5.91 Å². The largest absolute Gasteiger partial charge is 0.366 e. The van der Waals surface area contributed by atoms with E-state index in [0.29, 0.717) is 20.7 Å². The van der Waals surface area contributed by atoms with Crippen molar-refractivity contribution in [2.45, 2.75) is 16.5 Å². The molecule has 0 saturated heterocycles. The van der Waals surface area contributed by atoms with Crippen LogP contribution in [0.4, 0.5) is 16.5 Å². The normalized spacial score (nSPS) is 11.6. The lowest BCUT2D eigenvalue weighted by atomic mass is 10.2. The van der Waals surface area contributed by atoms with Crippen LogP contribution >= 0.6 is 39.0 Å². The molecular weight excluding hydrogens is 462 g/mol. The minimum Gasteiger partial charge on any atom is -0.366 e. The number of anilines is 3. The number of carbonyl (C=O) groups excluding carboxylic acids is 2. The zero-order valence-electron chi connectivity index (χ0n) is 14.7. The van der Waals surface area contributed by atoms with E-state index >= 15 is 0 Å². The number of halogens is 1. The summed E-state index contributed by atoms with van der Waals surface area (Å²) in [5, 5.41) is 14.5. The maximum absolute atomic E-state index is 12.4. The topological polar surface area (TPSA) is 110 Å². The lowest BCUT2D eigenvalue weighted by molar-refractivity contribution is -0.115. The number of nitrogens with two attached hydrogens (primary N) is 1. The fourth-order valence-electron chi connectivity index (χ4n) is 2.16. The number of nitrogens with one attached hydrogen (secondary N) is 2. The van der Waals surface area contributed by atoms with Gasteiger partial charge in [-0.1, -0.05) is 45.1 Å². The van der Waals surface area contributed by atoms with Crippen molar-refractivity contribution >= 4 is 67.3 Å². The Hall–Kier alpha value is -2.43. The molecule has 0 spiro atoms. The molecule has 0 saturated carbocycles. The van der Waals surface area contributed by atoms with Crippen molar-refractivity contribution in [2.24, 2.45) is 5.73 Å². The fraction of sp³-hybridized carbons (Fsp3) is 0.111. The van der Waals surface area contributed by atoms with Crippen molar-refractivity contribution in [1.82, 2.24) is 10.2 Å². The summed E-state index contributed by atoms with van der Waals surface area (Å²) in [6.45, 7) is 1.79. The highest BCUT2D eigenvalue weighted by atomic mass is 79.9. The van der Waals surface area contributed by atoms with Crippen LogP contribution in [0, 0.1) is 0 Å². The number of benzene rings is 2. The zero-order valence-corrected chi connectivity index (χ0v) is 17.9. The van der Waals surface area contributed by atoms with Crippen molar-refractivity contribution in [3.8, 4) is 0 Å². The van der Waals surface area contributed by atoms with E-state index in [1.165, 1.54) is 23.1 Å². The van der Waals surface area contributed by atoms with Gasteiger partial charge < -0.3 is 16.4 Å². The van der Waals surface area contributed by atoms with Crippen LogP contribution < -0.4 is 16.4 Å². The summed E-state index contributed by atoms with van der Waals surface area (Å²) in [7, 11) is 0. The van der Waals surface area contributed by atoms with Crippen LogP contribution in [-0.4, -0.2) is 27.3 Å². The maximum atomic E-state index is 12.4. The van der Waals surface area contributed by atoms with Gasteiger partial charge in [0.25, 0.3) is 0 Å². The van der Waals surface area contributed by atoms with Gasteiger partial charge in [-0.05, 0) is 49.4 Å². The van der Waals surface area contributed by atoms with Crippen LogP contribution in [0.3, 0.4) is 0 Å². The standard InChI is InChI=1S/C18H16BrN5O2S2/c1-10(16(26)21-13-7-5-11(6-8-13)15(20)25)27-18-24-23-17(28-18)22-14-4-2-3-12(19)9-14/h2-10H,1H3,(H2,20,25)(H,21,26)(H,22,23). The summed E-state index contributed by atoms with van der Waals surface area (Å²) in [4.78, 5) is 23.5. The molecular formula is C18H16BrN5O2S2. The Morgan fingerprint density at radius 1 is 1.14 bits per heavy atom. The maximum Gasteiger partial charge on any atom is 0.248 e. The Morgan fingerprint density at radius 3 is 2.57 bits per heavy atom. The predicted octanol–water partition coefficient (Wildman–Crippen LogP) is 4.26. The Balaban J connectivity index is 1.56. The van der Waals surface area contributed by atoms with Crippen molar-refractivity contribution in [2.75, 3.05) is 10.6 Å². The second kappa shape index (κ2) is 9.18. The summed E-state index contributed by atoms with van der Waals surface area (Å²) >= 11 is 6.12. The number of rotatable bonds is 7. The van der Waals surface area contributed by atoms with E-state index in [0.717, 1.165) is 10.2 Å². The number of aromatic nitrogens is 2. The number of hydrogen-bond donors (Lipinski definition) is 3. The average Bonchev–Trinajstić information content (AvgIpc) is 3.09. The van der Waals surface area contributed by atoms with E-state index in [1.54, 1.807) is 31.2 Å². The van der Waals surface area contributed by atoms with E-state index in [2.05, 4.69) is 36.8 Å². The van der Waals surface area contributed by atoms with Gasteiger partial charge in [0.05, 0.1) is 5.25 Å². The molecule has 1 heterocycles. The first-order valence-electron chi connectivity index (χ1n) is 8.14. The second-order valence-electron chi connectivity index (χ2n) is 5.70. The van der Waals surface area contributed by atoms with Gasteiger partial charge in [0.1, 0.15) is 0 Å². The van der Waals surface area contributed by atoms with Gasteiger partial charge >= 0.3 is 0 Å². The molecule has 0 aliphatic carbocycles. The first-order chi connectivity index (χ1) is 13.4. The van der Waals surface area contributed by atoms with Gasteiger partial charge in [-0.15, -0.1) is 10.2 Å². The third-order valence-corrected chi connectivity index (χ3v) is 6.08. The number of hydrogen-bond acceptors (Lipinski definition) is 7.